The van der Waals surface area contributed by atoms with Crippen LogP contribution in [0.1, 0.15) is 51.2 Å². The summed E-state index contributed by atoms with van der Waals surface area (Å²) in [5, 5.41) is 10.9. The molecule has 1 unspecified atom stereocenters. The van der Waals surface area contributed by atoms with Gasteiger partial charge in [0.15, 0.2) is 11.5 Å². The molecular weight excluding hydrogens is 575 g/mol. The van der Waals surface area contributed by atoms with E-state index in [0.717, 1.165) is 10.9 Å². The van der Waals surface area contributed by atoms with E-state index in [1.807, 2.05) is 39.0 Å². The standard InChI is InChI=1S/C36H29FN2O6/c1-4-41-32-16-22(10-14-30(32)42-19-23-7-5-6-8-28(23)37)33-25-12-11-24(17-31(25)45-35(39)27(33)18-38)43-36(40)34-21(3)26-15-20(2)9-13-29(26)44-34/h5-17,33H,4,19,39H2,1-3H3. The van der Waals surface area contributed by atoms with Gasteiger partial charge in [0.1, 0.15) is 41.1 Å². The van der Waals surface area contributed by atoms with Crippen molar-refractivity contribution in [2.24, 2.45) is 5.73 Å². The van der Waals surface area contributed by atoms with Crippen LogP contribution in [-0.4, -0.2) is 12.6 Å². The third-order valence-corrected chi connectivity index (χ3v) is 7.62. The van der Waals surface area contributed by atoms with Gasteiger partial charge in [0, 0.05) is 28.1 Å². The van der Waals surface area contributed by atoms with Crippen LogP contribution in [0.4, 0.5) is 4.39 Å². The Morgan fingerprint density at radius 3 is 2.60 bits per heavy atom. The summed E-state index contributed by atoms with van der Waals surface area (Å²) >= 11 is 0. The summed E-state index contributed by atoms with van der Waals surface area (Å²) in [4.78, 5) is 13.1. The predicted molar refractivity (Wildman–Crippen MR) is 165 cm³/mol. The molecule has 0 bridgehead atoms. The highest BCUT2D eigenvalue weighted by Crippen LogP contribution is 2.45. The lowest BCUT2D eigenvalue weighted by Crippen LogP contribution is -2.21. The summed E-state index contributed by atoms with van der Waals surface area (Å²) < 4.78 is 43.3. The number of hydrogen-bond donors (Lipinski definition) is 1. The number of rotatable bonds is 8. The van der Waals surface area contributed by atoms with E-state index in [1.54, 1.807) is 54.6 Å². The minimum atomic E-state index is -0.651. The van der Waals surface area contributed by atoms with Crippen LogP contribution in [0.3, 0.4) is 0 Å². The van der Waals surface area contributed by atoms with Gasteiger partial charge in [-0.05, 0) is 62.7 Å². The molecule has 1 aliphatic heterocycles. The van der Waals surface area contributed by atoms with Crippen LogP contribution in [-0.2, 0) is 6.61 Å². The molecule has 45 heavy (non-hydrogen) atoms. The number of furan rings is 1. The summed E-state index contributed by atoms with van der Waals surface area (Å²) in [6.07, 6.45) is 0. The first-order chi connectivity index (χ1) is 21.8. The maximum Gasteiger partial charge on any atom is 0.379 e. The molecule has 0 fully saturated rings. The van der Waals surface area contributed by atoms with Gasteiger partial charge in [0.2, 0.25) is 11.6 Å². The van der Waals surface area contributed by atoms with Crippen molar-refractivity contribution in [3.63, 3.8) is 0 Å². The van der Waals surface area contributed by atoms with Gasteiger partial charge < -0.3 is 29.1 Å². The second-order valence-electron chi connectivity index (χ2n) is 10.6. The maximum absolute atomic E-state index is 14.2. The van der Waals surface area contributed by atoms with Gasteiger partial charge >= 0.3 is 5.97 Å². The fourth-order valence-electron chi connectivity index (χ4n) is 5.39. The zero-order valence-electron chi connectivity index (χ0n) is 24.8. The molecule has 9 heteroatoms. The molecule has 2 heterocycles. The van der Waals surface area contributed by atoms with Crippen molar-refractivity contribution in [1.82, 2.24) is 0 Å². The lowest BCUT2D eigenvalue weighted by atomic mass is 9.83. The van der Waals surface area contributed by atoms with Crippen LogP contribution >= 0.6 is 0 Å². The van der Waals surface area contributed by atoms with Crippen LogP contribution in [0.15, 0.2) is 94.7 Å². The van der Waals surface area contributed by atoms with E-state index in [4.69, 9.17) is 29.1 Å². The second-order valence-corrected chi connectivity index (χ2v) is 10.6. The van der Waals surface area contributed by atoms with Crippen molar-refractivity contribution in [3.8, 4) is 29.1 Å². The molecule has 8 nitrogen and oxygen atoms in total. The minimum Gasteiger partial charge on any atom is -0.490 e. The smallest absolute Gasteiger partial charge is 0.379 e. The van der Waals surface area contributed by atoms with Crippen molar-refractivity contribution in [3.05, 3.63) is 130 Å². The monoisotopic (exact) mass is 604 g/mol. The zero-order chi connectivity index (χ0) is 31.7. The number of aryl methyl sites for hydroxylation is 2. The predicted octanol–water partition coefficient (Wildman–Crippen LogP) is 7.60. The molecule has 0 radical (unpaired) electrons. The lowest BCUT2D eigenvalue weighted by Gasteiger charge is -2.27. The number of halogens is 1. The molecule has 0 saturated heterocycles. The summed E-state index contributed by atoms with van der Waals surface area (Å²) in [6.45, 7) is 5.98. The van der Waals surface area contributed by atoms with Gasteiger partial charge in [-0.1, -0.05) is 42.0 Å². The van der Waals surface area contributed by atoms with Gasteiger partial charge in [0.05, 0.1) is 12.5 Å². The van der Waals surface area contributed by atoms with Gasteiger partial charge in [-0.25, -0.2) is 9.18 Å². The number of nitrogens with two attached hydrogens (primary N) is 1. The highest BCUT2D eigenvalue weighted by Gasteiger charge is 2.32. The topological polar surface area (TPSA) is 117 Å². The Kier molecular flexibility index (Phi) is 7.88. The van der Waals surface area contributed by atoms with Crippen LogP contribution in [0, 0.1) is 31.0 Å². The number of benzene rings is 4. The number of nitrogens with zero attached hydrogens (tertiary/aromatic N) is 1. The van der Waals surface area contributed by atoms with E-state index in [2.05, 4.69) is 6.07 Å². The Labute approximate surface area is 259 Å². The van der Waals surface area contributed by atoms with Crippen molar-refractivity contribution in [2.75, 3.05) is 6.61 Å². The molecule has 2 N–H and O–H groups in total. The zero-order valence-corrected chi connectivity index (χ0v) is 24.8. The minimum absolute atomic E-state index is 0.0111. The van der Waals surface area contributed by atoms with Crippen molar-refractivity contribution >= 4 is 16.9 Å². The average molecular weight is 605 g/mol. The number of ether oxygens (including phenoxy) is 4. The Bertz CT molecular complexity index is 2020. The first-order valence-corrected chi connectivity index (χ1v) is 14.3. The fraction of sp³-hybridized carbons (Fsp3) is 0.167. The van der Waals surface area contributed by atoms with Crippen LogP contribution in [0.5, 0.6) is 23.0 Å². The summed E-state index contributed by atoms with van der Waals surface area (Å²) in [5.41, 5.74) is 10.5. The molecule has 5 aromatic rings. The van der Waals surface area contributed by atoms with E-state index in [9.17, 15) is 14.4 Å². The first-order valence-electron chi connectivity index (χ1n) is 14.3. The molecule has 226 valence electrons. The molecule has 0 saturated carbocycles. The normalized spacial score (nSPS) is 14.0. The van der Waals surface area contributed by atoms with Crippen molar-refractivity contribution in [2.45, 2.75) is 33.3 Å². The number of allylic oxidation sites excluding steroid dienone is 1. The molecule has 1 aliphatic rings. The number of esters is 1. The largest absolute Gasteiger partial charge is 0.490 e. The summed E-state index contributed by atoms with van der Waals surface area (Å²) in [5.74, 6) is -0.185. The lowest BCUT2D eigenvalue weighted by molar-refractivity contribution is 0.0702. The Morgan fingerprint density at radius 1 is 1.00 bits per heavy atom. The highest BCUT2D eigenvalue weighted by molar-refractivity contribution is 5.97. The third-order valence-electron chi connectivity index (χ3n) is 7.62. The number of nitriles is 1. The summed E-state index contributed by atoms with van der Waals surface area (Å²) in [7, 11) is 0. The number of fused-ring (bicyclic) bond motifs is 2. The first kappa shape index (κ1) is 29.3. The van der Waals surface area contributed by atoms with Gasteiger partial charge in [-0.15, -0.1) is 0 Å². The number of hydrogen-bond acceptors (Lipinski definition) is 8. The Hall–Kier alpha value is -5.75. The highest BCUT2D eigenvalue weighted by atomic mass is 19.1. The maximum atomic E-state index is 14.2. The van der Waals surface area contributed by atoms with Crippen LogP contribution in [0.2, 0.25) is 0 Å². The van der Waals surface area contributed by atoms with Crippen LogP contribution < -0.4 is 24.7 Å². The average Bonchev–Trinajstić information content (AvgIpc) is 3.36. The van der Waals surface area contributed by atoms with E-state index in [-0.39, 0.29) is 35.4 Å². The Balaban J connectivity index is 1.30. The van der Waals surface area contributed by atoms with E-state index in [0.29, 0.717) is 51.7 Å². The van der Waals surface area contributed by atoms with E-state index in [1.165, 1.54) is 6.07 Å². The molecule has 6 rings (SSSR count). The van der Waals surface area contributed by atoms with Gasteiger partial charge in [0.25, 0.3) is 0 Å². The summed E-state index contributed by atoms with van der Waals surface area (Å²) in [6, 6.07) is 24.4. The van der Waals surface area contributed by atoms with Gasteiger partial charge in [-0.2, -0.15) is 5.26 Å². The molecule has 0 aliphatic carbocycles. The third kappa shape index (κ3) is 5.66. The SMILES string of the molecule is CCOc1cc(C2C(C#N)=C(N)Oc3cc(OC(=O)c4oc5ccc(C)cc5c4C)ccc32)ccc1OCc1ccccc1F. The Morgan fingerprint density at radius 2 is 1.82 bits per heavy atom. The quantitative estimate of drug-likeness (QED) is 0.142. The van der Waals surface area contributed by atoms with E-state index < -0.39 is 11.9 Å². The molecule has 0 spiro atoms. The van der Waals surface area contributed by atoms with Crippen LogP contribution in [0.25, 0.3) is 11.0 Å². The number of carbonyl (C=O) groups excluding carboxylic acids is 1. The molecule has 4 aromatic carbocycles. The van der Waals surface area contributed by atoms with E-state index >= 15 is 0 Å². The second kappa shape index (κ2) is 12.1. The fourth-order valence-corrected chi connectivity index (χ4v) is 5.39. The molecule has 1 aromatic heterocycles. The molecule has 0 amide bonds. The molecular formula is C36H29FN2O6. The number of carbonyl (C=O) groups is 1. The molecule has 1 atom stereocenters. The van der Waals surface area contributed by atoms with Crippen molar-refractivity contribution in [1.29, 1.82) is 5.26 Å². The van der Waals surface area contributed by atoms with Gasteiger partial charge in [-0.3, -0.25) is 0 Å². The van der Waals surface area contributed by atoms with Crippen molar-refractivity contribution < 1.29 is 32.5 Å².